The Kier molecular flexibility index (Phi) is 7.02. The maximum absolute atomic E-state index is 12.8. The number of anilines is 2. The van der Waals surface area contributed by atoms with E-state index in [4.69, 9.17) is 23.2 Å². The lowest BCUT2D eigenvalue weighted by Crippen LogP contribution is -2.50. The summed E-state index contributed by atoms with van der Waals surface area (Å²) in [7, 11) is 0. The number of nitro benzene ring substituents is 1. The van der Waals surface area contributed by atoms with Crippen molar-refractivity contribution in [3.05, 3.63) is 62.1 Å². The second-order valence-corrected chi connectivity index (χ2v) is 8.35. The molecule has 0 unspecified atom stereocenters. The van der Waals surface area contributed by atoms with Gasteiger partial charge in [-0.1, -0.05) is 37.0 Å². The summed E-state index contributed by atoms with van der Waals surface area (Å²) in [6.45, 7) is 6.15. The molecular formula is C21H22Cl2N4O4. The zero-order valence-electron chi connectivity index (χ0n) is 17.1. The number of non-ortho nitro benzene ring substituents is 1. The van der Waals surface area contributed by atoms with E-state index in [1.54, 1.807) is 12.1 Å². The quantitative estimate of drug-likeness (QED) is 0.520. The van der Waals surface area contributed by atoms with Crippen molar-refractivity contribution in [1.29, 1.82) is 0 Å². The molecule has 2 aromatic rings. The van der Waals surface area contributed by atoms with E-state index in [0.29, 0.717) is 36.9 Å². The minimum atomic E-state index is -0.577. The molecule has 1 fully saturated rings. The van der Waals surface area contributed by atoms with E-state index >= 15 is 0 Å². The van der Waals surface area contributed by atoms with Crippen molar-refractivity contribution in [3.63, 3.8) is 0 Å². The molecule has 0 saturated carbocycles. The standard InChI is InChI=1S/C21H22Cl2N4O4/c1-13(2)21(29)26-9-7-25(8-10-26)19-6-3-14(22)11-18(19)24-20(28)16-5-4-15(27(30)31)12-17(16)23/h3-6,11-13H,7-10H2,1-2H3,(H,24,28). The number of carbonyl (C=O) groups is 2. The van der Waals surface area contributed by atoms with Gasteiger partial charge in [0.25, 0.3) is 11.6 Å². The molecule has 2 aromatic carbocycles. The molecule has 1 aliphatic rings. The minimum absolute atomic E-state index is 0.0175. The van der Waals surface area contributed by atoms with Crippen molar-refractivity contribution >= 4 is 52.1 Å². The average Bonchev–Trinajstić information content (AvgIpc) is 2.73. The third-order valence-electron chi connectivity index (χ3n) is 5.04. The lowest BCUT2D eigenvalue weighted by molar-refractivity contribution is -0.384. The van der Waals surface area contributed by atoms with Crippen molar-refractivity contribution in [2.75, 3.05) is 36.4 Å². The van der Waals surface area contributed by atoms with Gasteiger partial charge in [-0.25, -0.2) is 0 Å². The number of carbonyl (C=O) groups excluding carboxylic acids is 2. The fraction of sp³-hybridized carbons (Fsp3) is 0.333. The Balaban J connectivity index is 1.79. The molecule has 10 heteroatoms. The molecule has 2 amide bonds. The lowest BCUT2D eigenvalue weighted by atomic mass is 10.1. The third kappa shape index (κ3) is 5.26. The third-order valence-corrected chi connectivity index (χ3v) is 5.59. The van der Waals surface area contributed by atoms with Crippen molar-refractivity contribution in [3.8, 4) is 0 Å². The predicted octanol–water partition coefficient (Wildman–Crippen LogP) is 4.46. The number of nitrogens with zero attached hydrogens (tertiary/aromatic N) is 3. The second-order valence-electron chi connectivity index (χ2n) is 7.50. The van der Waals surface area contributed by atoms with Gasteiger partial charge in [0.05, 0.1) is 26.9 Å². The molecule has 0 aliphatic carbocycles. The first-order valence-corrected chi connectivity index (χ1v) is 10.5. The summed E-state index contributed by atoms with van der Waals surface area (Å²) in [5.74, 6) is -0.433. The van der Waals surface area contributed by atoms with E-state index in [9.17, 15) is 19.7 Å². The van der Waals surface area contributed by atoms with Crippen LogP contribution in [-0.2, 0) is 4.79 Å². The van der Waals surface area contributed by atoms with Crippen molar-refractivity contribution in [2.45, 2.75) is 13.8 Å². The van der Waals surface area contributed by atoms with E-state index in [-0.39, 0.29) is 28.1 Å². The summed E-state index contributed by atoms with van der Waals surface area (Å²) < 4.78 is 0. The maximum Gasteiger partial charge on any atom is 0.270 e. The van der Waals surface area contributed by atoms with E-state index in [0.717, 1.165) is 11.8 Å². The van der Waals surface area contributed by atoms with E-state index in [1.807, 2.05) is 24.8 Å². The van der Waals surface area contributed by atoms with Crippen molar-refractivity contribution in [2.24, 2.45) is 5.92 Å². The molecule has 3 rings (SSSR count). The largest absolute Gasteiger partial charge is 0.366 e. The fourth-order valence-electron chi connectivity index (χ4n) is 3.41. The lowest BCUT2D eigenvalue weighted by Gasteiger charge is -2.37. The van der Waals surface area contributed by atoms with Crippen LogP contribution in [0.25, 0.3) is 0 Å². The van der Waals surface area contributed by atoms with Crippen LogP contribution in [0.1, 0.15) is 24.2 Å². The van der Waals surface area contributed by atoms with Gasteiger partial charge in [0.2, 0.25) is 5.91 Å². The number of hydrogen-bond donors (Lipinski definition) is 1. The monoisotopic (exact) mass is 464 g/mol. The highest BCUT2D eigenvalue weighted by molar-refractivity contribution is 6.35. The summed E-state index contributed by atoms with van der Waals surface area (Å²) in [4.78, 5) is 39.3. The van der Waals surface area contributed by atoms with Crippen LogP contribution in [0, 0.1) is 16.0 Å². The minimum Gasteiger partial charge on any atom is -0.366 e. The van der Waals surface area contributed by atoms with Gasteiger partial charge in [0.15, 0.2) is 0 Å². The normalized spacial score (nSPS) is 14.0. The average molecular weight is 465 g/mol. The van der Waals surface area contributed by atoms with Gasteiger partial charge < -0.3 is 15.1 Å². The van der Waals surface area contributed by atoms with Gasteiger partial charge in [-0.05, 0) is 24.3 Å². The Labute approximate surface area is 189 Å². The van der Waals surface area contributed by atoms with Crippen LogP contribution in [0.15, 0.2) is 36.4 Å². The molecule has 1 heterocycles. The predicted molar refractivity (Wildman–Crippen MR) is 121 cm³/mol. The van der Waals surface area contributed by atoms with Crippen molar-refractivity contribution < 1.29 is 14.5 Å². The zero-order valence-corrected chi connectivity index (χ0v) is 18.6. The molecule has 1 aliphatic heterocycles. The Morgan fingerprint density at radius 2 is 1.74 bits per heavy atom. The number of nitrogens with one attached hydrogen (secondary N) is 1. The first kappa shape index (κ1) is 22.8. The SMILES string of the molecule is CC(C)C(=O)N1CCN(c2ccc(Cl)cc2NC(=O)c2ccc([N+](=O)[O-])cc2Cl)CC1. The number of halogens is 2. The molecular weight excluding hydrogens is 443 g/mol. The molecule has 1 N–H and O–H groups in total. The molecule has 0 spiro atoms. The Morgan fingerprint density at radius 3 is 2.32 bits per heavy atom. The molecule has 31 heavy (non-hydrogen) atoms. The Morgan fingerprint density at radius 1 is 1.06 bits per heavy atom. The van der Waals surface area contributed by atoms with E-state index in [1.165, 1.54) is 12.1 Å². The van der Waals surface area contributed by atoms with Gasteiger partial charge in [-0.15, -0.1) is 0 Å². The second kappa shape index (κ2) is 9.53. The maximum atomic E-state index is 12.8. The van der Waals surface area contributed by atoms with Gasteiger partial charge in [-0.3, -0.25) is 19.7 Å². The zero-order chi connectivity index (χ0) is 22.7. The number of benzene rings is 2. The molecule has 0 aromatic heterocycles. The van der Waals surface area contributed by atoms with Gasteiger partial charge in [-0.2, -0.15) is 0 Å². The molecule has 0 bridgehead atoms. The smallest absolute Gasteiger partial charge is 0.270 e. The number of piperazine rings is 1. The van der Waals surface area contributed by atoms with Crippen LogP contribution in [0.3, 0.4) is 0 Å². The molecule has 8 nitrogen and oxygen atoms in total. The number of amides is 2. The summed E-state index contributed by atoms with van der Waals surface area (Å²) in [5, 5.41) is 14.1. The number of rotatable bonds is 5. The summed E-state index contributed by atoms with van der Waals surface area (Å²) >= 11 is 12.2. The first-order chi connectivity index (χ1) is 14.7. The van der Waals surface area contributed by atoms with Crippen LogP contribution < -0.4 is 10.2 Å². The molecule has 164 valence electrons. The van der Waals surface area contributed by atoms with Gasteiger partial charge >= 0.3 is 0 Å². The van der Waals surface area contributed by atoms with Gasteiger partial charge in [0, 0.05) is 49.3 Å². The van der Waals surface area contributed by atoms with E-state index < -0.39 is 10.8 Å². The topological polar surface area (TPSA) is 95.8 Å². The number of nitro groups is 1. The van der Waals surface area contributed by atoms with Crippen LogP contribution in [-0.4, -0.2) is 47.8 Å². The molecule has 1 saturated heterocycles. The van der Waals surface area contributed by atoms with Crippen LogP contribution in [0.4, 0.5) is 17.1 Å². The fourth-order valence-corrected chi connectivity index (χ4v) is 3.84. The van der Waals surface area contributed by atoms with E-state index in [2.05, 4.69) is 10.2 Å². The first-order valence-electron chi connectivity index (χ1n) is 9.76. The Bertz CT molecular complexity index is 1020. The molecule has 0 atom stereocenters. The number of hydrogen-bond acceptors (Lipinski definition) is 5. The van der Waals surface area contributed by atoms with Crippen molar-refractivity contribution in [1.82, 2.24) is 4.90 Å². The van der Waals surface area contributed by atoms with Crippen LogP contribution in [0.5, 0.6) is 0 Å². The van der Waals surface area contributed by atoms with Crippen LogP contribution >= 0.6 is 23.2 Å². The Hall–Kier alpha value is -2.84. The molecule has 0 radical (unpaired) electrons. The summed E-state index contributed by atoms with van der Waals surface area (Å²) in [6.07, 6.45) is 0. The highest BCUT2D eigenvalue weighted by Crippen LogP contribution is 2.31. The summed E-state index contributed by atoms with van der Waals surface area (Å²) in [6, 6.07) is 8.87. The highest BCUT2D eigenvalue weighted by Gasteiger charge is 2.25. The summed E-state index contributed by atoms with van der Waals surface area (Å²) in [5.41, 5.74) is 1.19. The van der Waals surface area contributed by atoms with Gasteiger partial charge in [0.1, 0.15) is 0 Å². The highest BCUT2D eigenvalue weighted by atomic mass is 35.5. The van der Waals surface area contributed by atoms with Crippen LogP contribution in [0.2, 0.25) is 10.0 Å².